The van der Waals surface area contributed by atoms with Gasteiger partial charge >= 0.3 is 5.97 Å². The molecule has 1 saturated carbocycles. The largest absolute Gasteiger partial charge is 0.482 e. The van der Waals surface area contributed by atoms with Crippen molar-refractivity contribution < 1.29 is 19.5 Å². The van der Waals surface area contributed by atoms with E-state index in [1.165, 1.54) is 43.2 Å². The molecule has 2 aliphatic rings. The number of hydrogen-bond donors (Lipinski definition) is 2. The number of nitrogens with zero attached hydrogens (tertiary/aromatic N) is 1. The summed E-state index contributed by atoms with van der Waals surface area (Å²) in [6.07, 6.45) is 17.4. The average molecular weight is 451 g/mol. The minimum absolute atomic E-state index is 0.164. The van der Waals surface area contributed by atoms with E-state index in [9.17, 15) is 4.79 Å². The fraction of sp³-hybridized carbons (Fsp3) is 0.481. The van der Waals surface area contributed by atoms with Crippen molar-refractivity contribution >= 4 is 5.97 Å². The number of nitrogens with one attached hydrogen (secondary N) is 1. The Morgan fingerprint density at radius 3 is 2.82 bits per heavy atom. The number of allylic oxidation sites excluding steroid dienone is 1. The molecule has 4 rings (SSSR count). The van der Waals surface area contributed by atoms with E-state index >= 15 is 0 Å². The first kappa shape index (κ1) is 23.5. The number of aromatic nitrogens is 1. The quantitative estimate of drug-likeness (QED) is 0.288. The smallest absolute Gasteiger partial charge is 0.341 e. The molecule has 0 spiro atoms. The summed E-state index contributed by atoms with van der Waals surface area (Å²) in [4.78, 5) is 21.1. The van der Waals surface area contributed by atoms with Crippen molar-refractivity contribution in [2.45, 2.75) is 63.3 Å². The molecule has 0 radical (unpaired) electrons. The van der Waals surface area contributed by atoms with Crippen LogP contribution in [0.2, 0.25) is 0 Å². The number of benzene rings is 1. The molecule has 0 bridgehead atoms. The number of aliphatic carboxylic acids is 1. The molecule has 0 saturated heterocycles. The Labute approximate surface area is 196 Å². The first-order valence-electron chi connectivity index (χ1n) is 12.1. The molecule has 2 aliphatic carbocycles. The van der Waals surface area contributed by atoms with Crippen LogP contribution in [0.4, 0.5) is 0 Å². The summed E-state index contributed by atoms with van der Waals surface area (Å²) in [5.74, 6) is 0.597. The number of hydrogen-bond acceptors (Lipinski definition) is 5. The maximum atomic E-state index is 10.9. The topological polar surface area (TPSA) is 80.7 Å². The maximum absolute atomic E-state index is 10.9. The maximum Gasteiger partial charge on any atom is 0.341 e. The minimum atomic E-state index is -0.956. The van der Waals surface area contributed by atoms with Gasteiger partial charge in [-0.05, 0) is 66.8 Å². The van der Waals surface area contributed by atoms with E-state index < -0.39 is 5.97 Å². The van der Waals surface area contributed by atoms with E-state index in [0.717, 1.165) is 24.8 Å². The molecule has 1 aromatic carbocycles. The fourth-order valence-corrected chi connectivity index (χ4v) is 5.20. The number of ether oxygens (including phenoxy) is 1. The van der Waals surface area contributed by atoms with Crippen molar-refractivity contribution in [2.75, 3.05) is 13.2 Å². The number of carbonyl (C=O) groups is 1. The van der Waals surface area contributed by atoms with Gasteiger partial charge in [-0.2, -0.15) is 5.48 Å². The number of carboxylic acid groups (broad SMARTS) is 1. The van der Waals surface area contributed by atoms with Crippen LogP contribution in [0, 0.1) is 5.92 Å². The molecule has 1 heterocycles. The molecule has 0 aliphatic heterocycles. The summed E-state index contributed by atoms with van der Waals surface area (Å²) in [6, 6.07) is 10.2. The van der Waals surface area contributed by atoms with Crippen molar-refractivity contribution in [3.8, 4) is 5.75 Å². The number of pyridine rings is 1. The highest BCUT2D eigenvalue weighted by Crippen LogP contribution is 2.37. The van der Waals surface area contributed by atoms with Crippen LogP contribution in [0.25, 0.3) is 0 Å². The highest BCUT2D eigenvalue weighted by Gasteiger charge is 2.25. The van der Waals surface area contributed by atoms with Crippen LogP contribution in [0.3, 0.4) is 0 Å². The van der Waals surface area contributed by atoms with Gasteiger partial charge in [0, 0.05) is 18.3 Å². The van der Waals surface area contributed by atoms with Gasteiger partial charge in [-0.1, -0.05) is 49.6 Å². The zero-order valence-electron chi connectivity index (χ0n) is 19.1. The van der Waals surface area contributed by atoms with Gasteiger partial charge in [0.1, 0.15) is 5.75 Å². The molecule has 2 N–H and O–H groups in total. The van der Waals surface area contributed by atoms with E-state index in [4.69, 9.17) is 14.7 Å². The normalized spacial score (nSPS) is 19.8. The van der Waals surface area contributed by atoms with Crippen LogP contribution in [0.1, 0.15) is 73.6 Å². The lowest BCUT2D eigenvalue weighted by atomic mass is 9.82. The van der Waals surface area contributed by atoms with Gasteiger partial charge in [0.15, 0.2) is 6.61 Å². The molecule has 1 fully saturated rings. The Bertz CT molecular complexity index is 925. The van der Waals surface area contributed by atoms with Crippen LogP contribution >= 0.6 is 0 Å². The standard InChI is InChI=1S/C27H34N2O4/c30-26(31)19-32-25-15-5-13-23-20(10-4-14-24(23)25)12-7-17-33-29-27(21-8-2-1-3-9-21)22-11-6-16-28-18-22/h5-7,11-13,15-16,18,20-21,27,29H,1-4,8-10,14,17,19H2,(H,30,31). The van der Waals surface area contributed by atoms with E-state index in [-0.39, 0.29) is 18.6 Å². The molecule has 6 nitrogen and oxygen atoms in total. The lowest BCUT2D eigenvalue weighted by Crippen LogP contribution is -2.30. The van der Waals surface area contributed by atoms with Crippen LogP contribution in [-0.4, -0.2) is 29.3 Å². The molecule has 1 aromatic heterocycles. The second kappa shape index (κ2) is 12.0. The van der Waals surface area contributed by atoms with Gasteiger partial charge in [-0.3, -0.25) is 9.82 Å². The first-order chi connectivity index (χ1) is 16.2. The van der Waals surface area contributed by atoms with Gasteiger partial charge in [-0.25, -0.2) is 4.79 Å². The highest BCUT2D eigenvalue weighted by atomic mass is 16.6. The van der Waals surface area contributed by atoms with E-state index in [0.29, 0.717) is 18.3 Å². The van der Waals surface area contributed by atoms with Gasteiger partial charge in [0.05, 0.1) is 12.6 Å². The Morgan fingerprint density at radius 2 is 2.03 bits per heavy atom. The van der Waals surface area contributed by atoms with Crippen molar-refractivity contribution in [2.24, 2.45) is 5.92 Å². The monoisotopic (exact) mass is 450 g/mol. The Kier molecular flexibility index (Phi) is 8.50. The van der Waals surface area contributed by atoms with Crippen molar-refractivity contribution in [1.29, 1.82) is 0 Å². The van der Waals surface area contributed by atoms with Gasteiger partial charge in [0.2, 0.25) is 0 Å². The van der Waals surface area contributed by atoms with Crippen LogP contribution in [0.5, 0.6) is 5.75 Å². The fourth-order valence-electron chi connectivity index (χ4n) is 5.20. The number of fused-ring (bicyclic) bond motifs is 1. The predicted octanol–water partition coefficient (Wildman–Crippen LogP) is 5.36. The summed E-state index contributed by atoms with van der Waals surface area (Å²) in [6.45, 7) is 0.181. The summed E-state index contributed by atoms with van der Waals surface area (Å²) >= 11 is 0. The Hall–Kier alpha value is -2.70. The minimum Gasteiger partial charge on any atom is -0.482 e. The molecule has 2 unspecified atom stereocenters. The zero-order valence-corrected chi connectivity index (χ0v) is 19.1. The summed E-state index contributed by atoms with van der Waals surface area (Å²) in [5, 5.41) is 8.93. The van der Waals surface area contributed by atoms with E-state index in [1.807, 2.05) is 30.6 Å². The molecular formula is C27H34N2O4. The Morgan fingerprint density at radius 1 is 1.15 bits per heavy atom. The Balaban J connectivity index is 1.35. The SMILES string of the molecule is O=C(O)COc1cccc2c1CCCC2C=CCONC(c1cccnc1)C1CCCCC1. The summed E-state index contributed by atoms with van der Waals surface area (Å²) in [7, 11) is 0. The second-order valence-corrected chi connectivity index (χ2v) is 9.02. The molecule has 176 valence electrons. The lowest BCUT2D eigenvalue weighted by Gasteiger charge is -2.30. The van der Waals surface area contributed by atoms with E-state index in [1.54, 1.807) is 0 Å². The third kappa shape index (κ3) is 6.42. The van der Waals surface area contributed by atoms with Crippen molar-refractivity contribution in [3.05, 3.63) is 71.6 Å². The lowest BCUT2D eigenvalue weighted by molar-refractivity contribution is -0.139. The van der Waals surface area contributed by atoms with Gasteiger partial charge < -0.3 is 9.84 Å². The van der Waals surface area contributed by atoms with Crippen molar-refractivity contribution in [3.63, 3.8) is 0 Å². The molecule has 6 heteroatoms. The van der Waals surface area contributed by atoms with E-state index in [2.05, 4.69) is 34.7 Å². The van der Waals surface area contributed by atoms with Crippen LogP contribution < -0.4 is 10.2 Å². The zero-order chi connectivity index (χ0) is 22.9. The molecule has 2 aromatic rings. The van der Waals surface area contributed by atoms with Crippen molar-refractivity contribution in [1.82, 2.24) is 10.5 Å². The first-order valence-corrected chi connectivity index (χ1v) is 12.1. The summed E-state index contributed by atoms with van der Waals surface area (Å²) in [5.41, 5.74) is 6.87. The third-order valence-electron chi connectivity index (χ3n) is 6.78. The second-order valence-electron chi connectivity index (χ2n) is 9.02. The average Bonchev–Trinajstić information content (AvgIpc) is 2.86. The molecular weight excluding hydrogens is 416 g/mol. The molecule has 2 atom stereocenters. The van der Waals surface area contributed by atoms with Gasteiger partial charge in [-0.15, -0.1) is 0 Å². The highest BCUT2D eigenvalue weighted by molar-refractivity contribution is 5.68. The molecule has 33 heavy (non-hydrogen) atoms. The number of rotatable bonds is 10. The van der Waals surface area contributed by atoms with Gasteiger partial charge in [0.25, 0.3) is 0 Å². The number of carboxylic acids is 1. The summed E-state index contributed by atoms with van der Waals surface area (Å²) < 4.78 is 5.52. The van der Waals surface area contributed by atoms with Crippen LogP contribution in [-0.2, 0) is 16.1 Å². The van der Waals surface area contributed by atoms with Crippen LogP contribution in [0.15, 0.2) is 54.9 Å². The third-order valence-corrected chi connectivity index (χ3v) is 6.78. The predicted molar refractivity (Wildman–Crippen MR) is 127 cm³/mol. The number of hydroxylamine groups is 1. The molecule has 0 amide bonds.